The van der Waals surface area contributed by atoms with Crippen LogP contribution in [0.4, 0.5) is 0 Å². The summed E-state index contributed by atoms with van der Waals surface area (Å²) in [5, 5.41) is 4.03. The number of methoxy groups -OCH3 is 1. The molecule has 0 aliphatic rings. The Kier molecular flexibility index (Phi) is 4.51. The fourth-order valence-electron chi connectivity index (χ4n) is 2.24. The Labute approximate surface area is 117 Å². The van der Waals surface area contributed by atoms with Gasteiger partial charge in [-0.15, -0.1) is 0 Å². The highest BCUT2D eigenvalue weighted by Gasteiger charge is 2.34. The highest BCUT2D eigenvalue weighted by molar-refractivity contribution is 5.05. The van der Waals surface area contributed by atoms with Gasteiger partial charge in [-0.2, -0.15) is 4.98 Å². The molecule has 2 aromatic heterocycles. The minimum absolute atomic E-state index is 0.361. The number of aromatic amines is 1. The van der Waals surface area contributed by atoms with Crippen molar-refractivity contribution in [2.24, 2.45) is 5.73 Å². The fraction of sp³-hybridized carbons (Fsp3) is 0.615. The lowest BCUT2D eigenvalue weighted by Crippen LogP contribution is -2.28. The van der Waals surface area contributed by atoms with Crippen LogP contribution in [-0.4, -0.2) is 27.2 Å². The SMILES string of the molecule is CCC(CC)(OC)c1noc([C@@H](N)Cc2cnc[nH]2)n1. The van der Waals surface area contributed by atoms with Crippen LogP contribution in [0.3, 0.4) is 0 Å². The average Bonchev–Trinajstić information content (AvgIpc) is 3.13. The number of nitrogens with zero attached hydrogens (tertiary/aromatic N) is 3. The smallest absolute Gasteiger partial charge is 0.244 e. The van der Waals surface area contributed by atoms with E-state index in [2.05, 4.69) is 20.1 Å². The number of hydrogen-bond donors (Lipinski definition) is 2. The summed E-state index contributed by atoms with van der Waals surface area (Å²) >= 11 is 0. The molecule has 0 radical (unpaired) electrons. The van der Waals surface area contributed by atoms with Gasteiger partial charge in [0.05, 0.1) is 12.4 Å². The molecule has 7 heteroatoms. The van der Waals surface area contributed by atoms with Crippen LogP contribution in [0.2, 0.25) is 0 Å². The lowest BCUT2D eigenvalue weighted by molar-refractivity contribution is -0.0306. The third-order valence-electron chi connectivity index (χ3n) is 3.69. The van der Waals surface area contributed by atoms with E-state index in [9.17, 15) is 0 Å². The maximum absolute atomic E-state index is 6.08. The van der Waals surface area contributed by atoms with Gasteiger partial charge in [-0.3, -0.25) is 0 Å². The predicted molar refractivity (Wildman–Crippen MR) is 72.8 cm³/mol. The molecule has 2 aromatic rings. The van der Waals surface area contributed by atoms with E-state index in [0.29, 0.717) is 18.1 Å². The Morgan fingerprint density at radius 3 is 2.75 bits per heavy atom. The molecule has 0 fully saturated rings. The Morgan fingerprint density at radius 1 is 1.45 bits per heavy atom. The van der Waals surface area contributed by atoms with E-state index in [0.717, 1.165) is 18.5 Å². The van der Waals surface area contributed by atoms with Gasteiger partial charge in [0.1, 0.15) is 5.60 Å². The van der Waals surface area contributed by atoms with Gasteiger partial charge in [-0.05, 0) is 12.8 Å². The number of nitrogens with two attached hydrogens (primary N) is 1. The van der Waals surface area contributed by atoms with E-state index in [1.54, 1.807) is 19.6 Å². The summed E-state index contributed by atoms with van der Waals surface area (Å²) in [5.41, 5.74) is 6.51. The second-order valence-corrected chi connectivity index (χ2v) is 4.75. The van der Waals surface area contributed by atoms with Gasteiger partial charge in [0.15, 0.2) is 0 Å². The molecule has 0 aliphatic heterocycles. The van der Waals surface area contributed by atoms with Crippen LogP contribution in [0.25, 0.3) is 0 Å². The molecule has 0 unspecified atom stereocenters. The molecule has 2 heterocycles. The van der Waals surface area contributed by atoms with Crippen molar-refractivity contribution in [3.8, 4) is 0 Å². The van der Waals surface area contributed by atoms with Crippen LogP contribution in [0.5, 0.6) is 0 Å². The summed E-state index contributed by atoms with van der Waals surface area (Å²) in [6.45, 7) is 4.07. The highest BCUT2D eigenvalue weighted by atomic mass is 16.5. The summed E-state index contributed by atoms with van der Waals surface area (Å²) in [5.74, 6) is 0.970. The molecule has 0 bridgehead atoms. The zero-order chi connectivity index (χ0) is 14.6. The van der Waals surface area contributed by atoms with Crippen molar-refractivity contribution < 1.29 is 9.26 Å². The molecule has 3 N–H and O–H groups in total. The Morgan fingerprint density at radius 2 is 2.20 bits per heavy atom. The van der Waals surface area contributed by atoms with E-state index < -0.39 is 5.60 Å². The molecule has 1 atom stereocenters. The number of H-pyrrole nitrogens is 1. The van der Waals surface area contributed by atoms with E-state index in [-0.39, 0.29) is 6.04 Å². The maximum atomic E-state index is 6.08. The Hall–Kier alpha value is -1.73. The van der Waals surface area contributed by atoms with Crippen LogP contribution in [0.1, 0.15) is 50.1 Å². The molecule has 0 spiro atoms. The third-order valence-corrected chi connectivity index (χ3v) is 3.69. The number of ether oxygens (including phenoxy) is 1. The molecule has 20 heavy (non-hydrogen) atoms. The first kappa shape index (κ1) is 14.7. The van der Waals surface area contributed by atoms with Crippen LogP contribution in [-0.2, 0) is 16.8 Å². The maximum Gasteiger partial charge on any atom is 0.244 e. The van der Waals surface area contributed by atoms with Gasteiger partial charge in [0.25, 0.3) is 0 Å². The van der Waals surface area contributed by atoms with Crippen molar-refractivity contribution in [1.82, 2.24) is 20.1 Å². The van der Waals surface area contributed by atoms with Crippen LogP contribution in [0, 0.1) is 0 Å². The molecule has 7 nitrogen and oxygen atoms in total. The number of imidazole rings is 1. The summed E-state index contributed by atoms with van der Waals surface area (Å²) in [4.78, 5) is 11.4. The van der Waals surface area contributed by atoms with Gasteiger partial charge in [-0.25, -0.2) is 4.98 Å². The molecule has 0 saturated heterocycles. The van der Waals surface area contributed by atoms with Crippen molar-refractivity contribution >= 4 is 0 Å². The standard InChI is InChI=1S/C13H21N5O2/c1-4-13(5-2,19-3)12-17-11(20-18-12)10(14)6-9-7-15-8-16-9/h7-8,10H,4-6,14H2,1-3H3,(H,15,16)/t10-/m0/s1. The minimum atomic E-state index is -0.505. The first-order valence-electron chi connectivity index (χ1n) is 6.77. The van der Waals surface area contributed by atoms with Gasteiger partial charge in [-0.1, -0.05) is 19.0 Å². The Bertz CT molecular complexity index is 510. The molecule has 0 aliphatic carbocycles. The zero-order valence-corrected chi connectivity index (χ0v) is 12.1. The Balaban J connectivity index is 2.15. The lowest BCUT2D eigenvalue weighted by Gasteiger charge is -2.25. The second-order valence-electron chi connectivity index (χ2n) is 4.75. The van der Waals surface area contributed by atoms with E-state index in [1.807, 2.05) is 13.8 Å². The van der Waals surface area contributed by atoms with Crippen LogP contribution < -0.4 is 5.73 Å². The van der Waals surface area contributed by atoms with Crippen LogP contribution in [0.15, 0.2) is 17.0 Å². The van der Waals surface area contributed by atoms with Crippen molar-refractivity contribution in [3.05, 3.63) is 29.9 Å². The molecule has 0 saturated carbocycles. The van der Waals surface area contributed by atoms with Gasteiger partial charge < -0.3 is 20.0 Å². The summed E-state index contributed by atoms with van der Waals surface area (Å²) < 4.78 is 10.9. The van der Waals surface area contributed by atoms with E-state index >= 15 is 0 Å². The van der Waals surface area contributed by atoms with Crippen molar-refractivity contribution in [1.29, 1.82) is 0 Å². The monoisotopic (exact) mass is 279 g/mol. The molecule has 2 rings (SSSR count). The van der Waals surface area contributed by atoms with Crippen molar-refractivity contribution in [2.45, 2.75) is 44.8 Å². The quantitative estimate of drug-likeness (QED) is 0.799. The van der Waals surface area contributed by atoms with Gasteiger partial charge >= 0.3 is 0 Å². The largest absolute Gasteiger partial charge is 0.370 e. The second kappa shape index (κ2) is 6.15. The number of rotatable bonds is 7. The normalized spacial score (nSPS) is 13.6. The molecule has 0 aromatic carbocycles. The van der Waals surface area contributed by atoms with E-state index in [1.165, 1.54) is 0 Å². The molecule has 0 amide bonds. The topological polar surface area (TPSA) is 103 Å². The average molecular weight is 279 g/mol. The van der Waals surface area contributed by atoms with Gasteiger partial charge in [0, 0.05) is 25.4 Å². The lowest BCUT2D eigenvalue weighted by atomic mass is 9.96. The first-order valence-corrected chi connectivity index (χ1v) is 6.77. The van der Waals surface area contributed by atoms with Gasteiger partial charge in [0.2, 0.25) is 11.7 Å². The molecular formula is C13H21N5O2. The third kappa shape index (κ3) is 2.73. The predicted octanol–water partition coefficient (Wildman–Crippen LogP) is 1.70. The first-order chi connectivity index (χ1) is 9.65. The highest BCUT2D eigenvalue weighted by Crippen LogP contribution is 2.30. The number of hydrogen-bond acceptors (Lipinski definition) is 6. The molecule has 110 valence electrons. The number of aromatic nitrogens is 4. The van der Waals surface area contributed by atoms with Crippen LogP contribution >= 0.6 is 0 Å². The van der Waals surface area contributed by atoms with E-state index in [4.69, 9.17) is 15.0 Å². The zero-order valence-electron chi connectivity index (χ0n) is 12.1. The summed E-state index contributed by atoms with van der Waals surface area (Å²) in [6, 6.07) is -0.361. The summed E-state index contributed by atoms with van der Waals surface area (Å²) in [6.07, 6.45) is 5.46. The fourth-order valence-corrected chi connectivity index (χ4v) is 2.24. The minimum Gasteiger partial charge on any atom is -0.370 e. The number of nitrogens with one attached hydrogen (secondary N) is 1. The molecular weight excluding hydrogens is 258 g/mol. The van der Waals surface area contributed by atoms with Crippen molar-refractivity contribution in [3.63, 3.8) is 0 Å². The van der Waals surface area contributed by atoms with Crippen molar-refractivity contribution in [2.75, 3.05) is 7.11 Å². The summed E-state index contributed by atoms with van der Waals surface area (Å²) in [7, 11) is 1.66.